The lowest BCUT2D eigenvalue weighted by molar-refractivity contribution is -0.119. The third-order valence-corrected chi connectivity index (χ3v) is 4.50. The van der Waals surface area contributed by atoms with Gasteiger partial charge >= 0.3 is 12.1 Å². The van der Waals surface area contributed by atoms with Gasteiger partial charge in [-0.25, -0.2) is 9.59 Å². The number of ether oxygens (including phenoxy) is 3. The molecule has 2 aromatic rings. The first-order chi connectivity index (χ1) is 15.0. The van der Waals surface area contributed by atoms with Crippen molar-refractivity contribution in [2.75, 3.05) is 55.1 Å². The summed E-state index contributed by atoms with van der Waals surface area (Å²) >= 11 is 0. The van der Waals surface area contributed by atoms with E-state index >= 15 is 0 Å². The van der Waals surface area contributed by atoms with Crippen molar-refractivity contribution in [3.8, 4) is 0 Å². The fourth-order valence-electron chi connectivity index (χ4n) is 2.96. The van der Waals surface area contributed by atoms with Gasteiger partial charge in [-0.05, 0) is 55.5 Å². The molecule has 1 saturated heterocycles. The Hall–Kier alpha value is -3.59. The number of hydrogen-bond donors (Lipinski definition) is 2. The van der Waals surface area contributed by atoms with Gasteiger partial charge in [0.15, 0.2) is 6.61 Å². The summed E-state index contributed by atoms with van der Waals surface area (Å²) in [5, 5.41) is 5.23. The Morgan fingerprint density at radius 1 is 0.903 bits per heavy atom. The summed E-state index contributed by atoms with van der Waals surface area (Å²) in [5.74, 6) is -1.08. The number of benzene rings is 2. The predicted molar refractivity (Wildman–Crippen MR) is 115 cm³/mol. The van der Waals surface area contributed by atoms with Gasteiger partial charge in [0.2, 0.25) is 0 Å². The van der Waals surface area contributed by atoms with Gasteiger partial charge in [-0.15, -0.1) is 0 Å². The molecule has 1 heterocycles. The van der Waals surface area contributed by atoms with E-state index in [4.69, 9.17) is 14.2 Å². The highest BCUT2D eigenvalue weighted by Crippen LogP contribution is 2.19. The van der Waals surface area contributed by atoms with E-state index in [9.17, 15) is 14.4 Å². The molecule has 0 saturated carbocycles. The molecule has 0 unspecified atom stereocenters. The van der Waals surface area contributed by atoms with Crippen LogP contribution < -0.4 is 15.5 Å². The van der Waals surface area contributed by atoms with Crippen LogP contribution in [0.25, 0.3) is 0 Å². The van der Waals surface area contributed by atoms with Gasteiger partial charge in [-0.2, -0.15) is 0 Å². The van der Waals surface area contributed by atoms with Crippen molar-refractivity contribution in [3.63, 3.8) is 0 Å². The smallest absolute Gasteiger partial charge is 0.411 e. The lowest BCUT2D eigenvalue weighted by atomic mass is 10.2. The van der Waals surface area contributed by atoms with E-state index in [-0.39, 0.29) is 12.2 Å². The second-order valence-corrected chi connectivity index (χ2v) is 6.69. The molecule has 0 atom stereocenters. The number of anilines is 3. The lowest BCUT2D eigenvalue weighted by Crippen LogP contribution is -2.36. The standard InChI is InChI=1S/C22H25N3O6/c1-2-30-22(28)24-18-5-3-16(4-6-18)21(27)31-15-20(26)23-17-7-9-19(10-8-17)25-11-13-29-14-12-25/h3-10H,2,11-15H2,1H3,(H,23,26)(H,24,28). The van der Waals surface area contributed by atoms with E-state index in [0.717, 1.165) is 18.8 Å². The minimum atomic E-state index is -0.638. The summed E-state index contributed by atoms with van der Waals surface area (Å²) in [5.41, 5.74) is 2.42. The first-order valence-electron chi connectivity index (χ1n) is 9.98. The van der Waals surface area contributed by atoms with Crippen molar-refractivity contribution >= 4 is 35.0 Å². The van der Waals surface area contributed by atoms with Gasteiger partial charge in [-0.1, -0.05) is 0 Å². The van der Waals surface area contributed by atoms with Crippen molar-refractivity contribution in [1.29, 1.82) is 0 Å². The highest BCUT2D eigenvalue weighted by atomic mass is 16.5. The fraction of sp³-hybridized carbons (Fsp3) is 0.318. The van der Waals surface area contributed by atoms with E-state index in [1.165, 1.54) is 12.1 Å². The molecule has 9 nitrogen and oxygen atoms in total. The first-order valence-corrected chi connectivity index (χ1v) is 9.98. The molecule has 2 aromatic carbocycles. The number of nitrogens with zero attached hydrogens (tertiary/aromatic N) is 1. The Balaban J connectivity index is 1.44. The Morgan fingerprint density at radius 3 is 2.16 bits per heavy atom. The maximum absolute atomic E-state index is 12.1. The number of esters is 1. The molecule has 0 aliphatic carbocycles. The van der Waals surface area contributed by atoms with Crippen molar-refractivity contribution in [2.24, 2.45) is 0 Å². The highest BCUT2D eigenvalue weighted by Gasteiger charge is 2.13. The van der Waals surface area contributed by atoms with E-state index in [1.807, 2.05) is 12.1 Å². The zero-order chi connectivity index (χ0) is 22.1. The molecular formula is C22H25N3O6. The summed E-state index contributed by atoms with van der Waals surface area (Å²) < 4.78 is 15.2. The van der Waals surface area contributed by atoms with Crippen molar-refractivity contribution < 1.29 is 28.6 Å². The van der Waals surface area contributed by atoms with Crippen molar-refractivity contribution in [2.45, 2.75) is 6.92 Å². The number of hydrogen-bond acceptors (Lipinski definition) is 7. The summed E-state index contributed by atoms with van der Waals surface area (Å²) in [6.45, 7) is 4.63. The van der Waals surface area contributed by atoms with Crippen LogP contribution in [0.4, 0.5) is 21.9 Å². The van der Waals surface area contributed by atoms with Gasteiger partial charge in [-0.3, -0.25) is 10.1 Å². The molecule has 31 heavy (non-hydrogen) atoms. The molecule has 0 aromatic heterocycles. The van der Waals surface area contributed by atoms with Crippen LogP contribution in [0.15, 0.2) is 48.5 Å². The molecule has 9 heteroatoms. The maximum atomic E-state index is 12.1. The molecule has 1 aliphatic rings. The van der Waals surface area contributed by atoms with Crippen LogP contribution in [-0.4, -0.2) is 57.5 Å². The van der Waals surface area contributed by atoms with Crippen LogP contribution in [-0.2, 0) is 19.0 Å². The number of carbonyl (C=O) groups excluding carboxylic acids is 3. The summed E-state index contributed by atoms with van der Waals surface area (Å²) in [4.78, 5) is 37.8. The molecule has 1 fully saturated rings. The van der Waals surface area contributed by atoms with Crippen LogP contribution >= 0.6 is 0 Å². The number of rotatable bonds is 7. The van der Waals surface area contributed by atoms with Crippen LogP contribution in [0, 0.1) is 0 Å². The molecule has 0 spiro atoms. The predicted octanol–water partition coefficient (Wildman–Crippen LogP) is 2.89. The monoisotopic (exact) mass is 427 g/mol. The van der Waals surface area contributed by atoms with Gasteiger partial charge in [0, 0.05) is 30.2 Å². The molecule has 3 rings (SSSR count). The van der Waals surface area contributed by atoms with E-state index in [1.54, 1.807) is 31.2 Å². The minimum Gasteiger partial charge on any atom is -0.452 e. The second-order valence-electron chi connectivity index (χ2n) is 6.69. The normalized spacial score (nSPS) is 13.3. The van der Waals surface area contributed by atoms with Gasteiger partial charge in [0.1, 0.15) is 0 Å². The average Bonchev–Trinajstić information content (AvgIpc) is 2.79. The van der Waals surface area contributed by atoms with Gasteiger partial charge in [0.25, 0.3) is 5.91 Å². The van der Waals surface area contributed by atoms with Gasteiger partial charge < -0.3 is 24.4 Å². The minimum absolute atomic E-state index is 0.260. The molecule has 0 bridgehead atoms. The molecule has 164 valence electrons. The van der Waals surface area contributed by atoms with Gasteiger partial charge in [0.05, 0.1) is 25.4 Å². The third-order valence-electron chi connectivity index (χ3n) is 4.50. The zero-order valence-electron chi connectivity index (χ0n) is 17.3. The number of morpholine rings is 1. The first kappa shape index (κ1) is 22.1. The SMILES string of the molecule is CCOC(=O)Nc1ccc(C(=O)OCC(=O)Nc2ccc(N3CCOCC3)cc2)cc1. The number of carbonyl (C=O) groups is 3. The zero-order valence-corrected chi connectivity index (χ0v) is 17.3. The molecular weight excluding hydrogens is 402 g/mol. The molecule has 2 amide bonds. The van der Waals surface area contributed by atoms with E-state index in [2.05, 4.69) is 15.5 Å². The molecule has 2 N–H and O–H groups in total. The summed E-state index contributed by atoms with van der Waals surface area (Å²) in [7, 11) is 0. The van der Waals surface area contributed by atoms with Crippen LogP contribution in [0.1, 0.15) is 17.3 Å². The van der Waals surface area contributed by atoms with Crippen LogP contribution in [0.3, 0.4) is 0 Å². The van der Waals surface area contributed by atoms with E-state index < -0.39 is 24.6 Å². The van der Waals surface area contributed by atoms with E-state index in [0.29, 0.717) is 24.6 Å². The Bertz CT molecular complexity index is 892. The highest BCUT2D eigenvalue weighted by molar-refractivity contribution is 5.96. The molecule has 0 radical (unpaired) electrons. The average molecular weight is 427 g/mol. The fourth-order valence-corrected chi connectivity index (χ4v) is 2.96. The maximum Gasteiger partial charge on any atom is 0.411 e. The van der Waals surface area contributed by atoms with Crippen molar-refractivity contribution in [1.82, 2.24) is 0 Å². The largest absolute Gasteiger partial charge is 0.452 e. The summed E-state index contributed by atoms with van der Waals surface area (Å²) in [6, 6.07) is 13.5. The van der Waals surface area contributed by atoms with Crippen LogP contribution in [0.2, 0.25) is 0 Å². The number of nitrogens with one attached hydrogen (secondary N) is 2. The summed E-state index contributed by atoms with van der Waals surface area (Å²) in [6.07, 6.45) is -0.576. The Labute approximate surface area is 180 Å². The lowest BCUT2D eigenvalue weighted by Gasteiger charge is -2.28. The van der Waals surface area contributed by atoms with Crippen LogP contribution in [0.5, 0.6) is 0 Å². The topological polar surface area (TPSA) is 106 Å². The third kappa shape index (κ3) is 6.71. The van der Waals surface area contributed by atoms with Crippen molar-refractivity contribution in [3.05, 3.63) is 54.1 Å². The quantitative estimate of drug-likeness (QED) is 0.655. The second kappa shape index (κ2) is 11.0. The number of amides is 2. The molecule has 1 aliphatic heterocycles. The Kier molecular flexibility index (Phi) is 7.83. The Morgan fingerprint density at radius 2 is 1.52 bits per heavy atom.